The maximum Gasteiger partial charge on any atom is 0.339 e. The Morgan fingerprint density at radius 1 is 1.05 bits per heavy atom. The Labute approximate surface area is 233 Å². The summed E-state index contributed by atoms with van der Waals surface area (Å²) in [5.41, 5.74) is 1.52. The molecule has 2 aromatic carbocycles. The van der Waals surface area contributed by atoms with Crippen molar-refractivity contribution in [3.8, 4) is 5.69 Å². The van der Waals surface area contributed by atoms with Crippen LogP contribution in [-0.4, -0.2) is 50.8 Å². The van der Waals surface area contributed by atoms with Crippen LogP contribution in [0.5, 0.6) is 0 Å². The van der Waals surface area contributed by atoms with Crippen molar-refractivity contribution in [1.29, 1.82) is 0 Å². The van der Waals surface area contributed by atoms with Crippen LogP contribution >= 0.6 is 0 Å². The molecule has 2 heterocycles. The number of likely N-dealkylation sites (tertiary alicyclic amines) is 1. The highest BCUT2D eigenvalue weighted by molar-refractivity contribution is 5.99. The molecule has 3 amide bonds. The zero-order chi connectivity index (χ0) is 29.2. The Bertz CT molecular complexity index is 1410. The summed E-state index contributed by atoms with van der Waals surface area (Å²) in [5.74, 6) is -0.997. The Hall–Kier alpha value is -4.21. The molecule has 0 unspecified atom stereocenters. The van der Waals surface area contributed by atoms with Gasteiger partial charge in [0.15, 0.2) is 11.6 Å². The number of nitrogens with one attached hydrogen (secondary N) is 2. The molecule has 4 rings (SSSR count). The fourth-order valence-electron chi connectivity index (χ4n) is 4.57. The van der Waals surface area contributed by atoms with E-state index in [0.717, 1.165) is 0 Å². The lowest BCUT2D eigenvalue weighted by Crippen LogP contribution is -2.45. The predicted octanol–water partition coefficient (Wildman–Crippen LogP) is 6.03. The third-order valence-corrected chi connectivity index (χ3v) is 6.72. The number of hydrogen-bond acceptors (Lipinski definition) is 5. The molecule has 0 saturated carbocycles. The molecule has 40 heavy (non-hydrogen) atoms. The van der Waals surface area contributed by atoms with E-state index < -0.39 is 23.4 Å². The van der Waals surface area contributed by atoms with Gasteiger partial charge < -0.3 is 20.3 Å². The molecule has 1 fully saturated rings. The molecule has 0 spiro atoms. The van der Waals surface area contributed by atoms with Crippen LogP contribution in [0.1, 0.15) is 74.9 Å². The number of anilines is 2. The van der Waals surface area contributed by atoms with Gasteiger partial charge in [0.2, 0.25) is 5.91 Å². The summed E-state index contributed by atoms with van der Waals surface area (Å²) in [4.78, 5) is 40.0. The van der Waals surface area contributed by atoms with Crippen LogP contribution in [0.4, 0.5) is 20.7 Å². The van der Waals surface area contributed by atoms with Gasteiger partial charge in [-0.15, -0.1) is 5.10 Å². The molecule has 1 aromatic heterocycles. The second-order valence-electron chi connectivity index (χ2n) is 11.3. The van der Waals surface area contributed by atoms with Gasteiger partial charge >= 0.3 is 12.0 Å². The van der Waals surface area contributed by atoms with Gasteiger partial charge in [-0.05, 0) is 76.3 Å². The Kier molecular flexibility index (Phi) is 8.27. The van der Waals surface area contributed by atoms with Crippen molar-refractivity contribution in [3.63, 3.8) is 0 Å². The van der Waals surface area contributed by atoms with E-state index in [-0.39, 0.29) is 34.6 Å². The van der Waals surface area contributed by atoms with Gasteiger partial charge in [-0.1, -0.05) is 26.0 Å². The third kappa shape index (κ3) is 6.50. The van der Waals surface area contributed by atoms with Crippen molar-refractivity contribution in [2.45, 2.75) is 71.9 Å². The molecule has 1 atom stereocenters. The van der Waals surface area contributed by atoms with Crippen LogP contribution in [-0.2, 0) is 9.53 Å². The molecule has 0 bridgehead atoms. The number of aromatic nitrogens is 2. The van der Waals surface area contributed by atoms with Gasteiger partial charge in [0.1, 0.15) is 17.3 Å². The topological polar surface area (TPSA) is 106 Å². The minimum atomic E-state index is -0.706. The molecule has 1 aliphatic rings. The van der Waals surface area contributed by atoms with E-state index in [1.807, 2.05) is 24.3 Å². The van der Waals surface area contributed by atoms with E-state index in [9.17, 15) is 14.4 Å². The van der Waals surface area contributed by atoms with Crippen molar-refractivity contribution in [2.24, 2.45) is 0 Å². The first-order valence-electron chi connectivity index (χ1n) is 13.4. The quantitative estimate of drug-likeness (QED) is 0.365. The number of halogens is 1. The maximum atomic E-state index is 15.2. The molecule has 212 valence electrons. The summed E-state index contributed by atoms with van der Waals surface area (Å²) in [6.45, 7) is 11.4. The summed E-state index contributed by atoms with van der Waals surface area (Å²) in [6, 6.07) is 11.1. The standard InChI is InChI=1S/C30H36FN5O4/c1-18(2)20-9-11-21(12-10-20)32-29(39)35-16-7-8-24(35)27(37)33-25-15-17-36(34-25)23-14-13-22(19(3)26(23)31)28(38)40-30(4,5)6/h9-15,17-18,24H,7-8,16H2,1-6H3,(H,32,39)(H,33,34,37)/t24-/m1/s1. The minimum Gasteiger partial charge on any atom is -0.456 e. The van der Waals surface area contributed by atoms with E-state index >= 15 is 4.39 Å². The van der Waals surface area contributed by atoms with Crippen LogP contribution in [0.25, 0.3) is 5.69 Å². The Morgan fingerprint density at radius 3 is 2.40 bits per heavy atom. The lowest BCUT2D eigenvalue weighted by molar-refractivity contribution is -0.119. The zero-order valence-electron chi connectivity index (χ0n) is 23.7. The largest absolute Gasteiger partial charge is 0.456 e. The van der Waals surface area contributed by atoms with Crippen LogP contribution in [0.3, 0.4) is 0 Å². The molecular formula is C30H36FN5O4. The predicted molar refractivity (Wildman–Crippen MR) is 151 cm³/mol. The average Bonchev–Trinajstić information content (AvgIpc) is 3.55. The Morgan fingerprint density at radius 2 is 1.75 bits per heavy atom. The Balaban J connectivity index is 1.42. The van der Waals surface area contributed by atoms with Crippen molar-refractivity contribution >= 4 is 29.4 Å². The van der Waals surface area contributed by atoms with Crippen LogP contribution in [0, 0.1) is 12.7 Å². The highest BCUT2D eigenvalue weighted by Crippen LogP contribution is 2.25. The van der Waals surface area contributed by atoms with Crippen molar-refractivity contribution in [1.82, 2.24) is 14.7 Å². The smallest absolute Gasteiger partial charge is 0.339 e. The maximum absolute atomic E-state index is 15.2. The van der Waals surface area contributed by atoms with Crippen molar-refractivity contribution in [3.05, 3.63) is 71.2 Å². The van der Waals surface area contributed by atoms with Gasteiger partial charge in [0.25, 0.3) is 0 Å². The number of carbonyl (C=O) groups is 3. The lowest BCUT2D eigenvalue weighted by Gasteiger charge is -2.24. The summed E-state index contributed by atoms with van der Waals surface area (Å²) < 4.78 is 21.9. The summed E-state index contributed by atoms with van der Waals surface area (Å²) in [5, 5.41) is 9.91. The molecule has 3 aromatic rings. The van der Waals surface area contributed by atoms with Crippen LogP contribution in [0.15, 0.2) is 48.7 Å². The molecule has 9 nitrogen and oxygen atoms in total. The number of carbonyl (C=O) groups excluding carboxylic acids is 3. The van der Waals surface area contributed by atoms with Gasteiger partial charge in [-0.2, -0.15) is 0 Å². The van der Waals surface area contributed by atoms with Crippen LogP contribution in [0.2, 0.25) is 0 Å². The number of nitrogens with zero attached hydrogens (tertiary/aromatic N) is 3. The fraction of sp³-hybridized carbons (Fsp3) is 0.400. The number of esters is 1. The number of amides is 3. The molecule has 10 heteroatoms. The second-order valence-corrected chi connectivity index (χ2v) is 11.3. The number of benzene rings is 2. The highest BCUT2D eigenvalue weighted by atomic mass is 19.1. The normalized spacial score (nSPS) is 15.3. The second kappa shape index (κ2) is 11.5. The summed E-state index contributed by atoms with van der Waals surface area (Å²) >= 11 is 0. The molecule has 0 aliphatic carbocycles. The third-order valence-electron chi connectivity index (χ3n) is 6.72. The van der Waals surface area contributed by atoms with E-state index in [4.69, 9.17) is 4.74 Å². The van der Waals surface area contributed by atoms with E-state index in [1.54, 1.807) is 26.8 Å². The fourth-order valence-corrected chi connectivity index (χ4v) is 4.57. The minimum absolute atomic E-state index is 0.121. The van der Waals surface area contributed by atoms with E-state index in [1.165, 1.54) is 40.4 Å². The van der Waals surface area contributed by atoms with Gasteiger partial charge in [0.05, 0.1) is 5.56 Å². The van der Waals surface area contributed by atoms with Crippen LogP contribution < -0.4 is 10.6 Å². The molecule has 1 saturated heterocycles. The molecule has 2 N–H and O–H groups in total. The number of ether oxygens (including phenoxy) is 1. The summed E-state index contributed by atoms with van der Waals surface area (Å²) in [7, 11) is 0. The average molecular weight is 550 g/mol. The molecule has 0 radical (unpaired) electrons. The number of urea groups is 1. The first kappa shape index (κ1) is 28.8. The SMILES string of the molecule is Cc1c(C(=O)OC(C)(C)C)ccc(-n2ccc(NC(=O)[C@H]3CCCN3C(=O)Nc3ccc(C(C)C)cc3)n2)c1F. The monoisotopic (exact) mass is 549 g/mol. The number of rotatable bonds is 6. The van der Waals surface area contributed by atoms with Crippen molar-refractivity contribution < 1.29 is 23.5 Å². The highest BCUT2D eigenvalue weighted by Gasteiger charge is 2.34. The molecule has 1 aliphatic heterocycles. The van der Waals surface area contributed by atoms with E-state index in [0.29, 0.717) is 31.0 Å². The van der Waals surface area contributed by atoms with Gasteiger partial charge in [-0.3, -0.25) is 4.79 Å². The first-order chi connectivity index (χ1) is 18.8. The summed E-state index contributed by atoms with van der Waals surface area (Å²) in [6.07, 6.45) is 2.73. The van der Waals surface area contributed by atoms with Gasteiger partial charge in [0, 0.05) is 30.1 Å². The first-order valence-corrected chi connectivity index (χ1v) is 13.4. The zero-order valence-corrected chi connectivity index (χ0v) is 23.7. The number of hydrogen-bond donors (Lipinski definition) is 2. The molecular weight excluding hydrogens is 513 g/mol. The lowest BCUT2D eigenvalue weighted by atomic mass is 10.0. The van der Waals surface area contributed by atoms with Gasteiger partial charge in [-0.25, -0.2) is 18.7 Å². The van der Waals surface area contributed by atoms with Crippen molar-refractivity contribution in [2.75, 3.05) is 17.2 Å². The van der Waals surface area contributed by atoms with E-state index in [2.05, 4.69) is 29.6 Å².